The Kier molecular flexibility index (Phi) is 4.13. The van der Waals surface area contributed by atoms with Gasteiger partial charge in [0.2, 0.25) is 0 Å². The molecule has 0 saturated carbocycles. The van der Waals surface area contributed by atoms with Gasteiger partial charge in [-0.15, -0.1) is 0 Å². The number of carbonyl (C=O) groups is 1. The van der Waals surface area contributed by atoms with Gasteiger partial charge in [-0.2, -0.15) is 0 Å². The van der Waals surface area contributed by atoms with E-state index < -0.39 is 5.91 Å². The molecule has 1 amide bonds. The predicted molar refractivity (Wildman–Crippen MR) is 64.3 cm³/mol. The average Bonchev–Trinajstić information content (AvgIpc) is 2.21. The second-order valence-electron chi connectivity index (χ2n) is 3.63. The van der Waals surface area contributed by atoms with Crippen LogP contribution in [0.5, 0.6) is 0 Å². The molecule has 0 bridgehead atoms. The maximum atomic E-state index is 11.1. The van der Waals surface area contributed by atoms with Crippen molar-refractivity contribution in [2.45, 2.75) is 13.0 Å². The van der Waals surface area contributed by atoms with Crippen LogP contribution in [0.4, 0.5) is 11.4 Å². The quantitative estimate of drug-likeness (QED) is 0.644. The van der Waals surface area contributed by atoms with Crippen LogP contribution in [0, 0.1) is 0 Å². The van der Waals surface area contributed by atoms with Gasteiger partial charge in [-0.05, 0) is 19.1 Å². The number of primary amides is 1. The van der Waals surface area contributed by atoms with Gasteiger partial charge in [-0.25, -0.2) is 0 Å². The molecule has 0 aliphatic rings. The number of methoxy groups -OCH3 is 1. The third-order valence-corrected chi connectivity index (χ3v) is 2.19. The lowest BCUT2D eigenvalue weighted by atomic mass is 10.1. The number of nitrogen functional groups attached to an aromatic ring is 1. The van der Waals surface area contributed by atoms with Crippen molar-refractivity contribution in [2.24, 2.45) is 5.73 Å². The van der Waals surface area contributed by atoms with Crippen molar-refractivity contribution < 1.29 is 9.53 Å². The normalized spacial score (nSPS) is 12.1. The van der Waals surface area contributed by atoms with Gasteiger partial charge < -0.3 is 21.5 Å². The van der Waals surface area contributed by atoms with E-state index in [-0.39, 0.29) is 6.04 Å². The summed E-state index contributed by atoms with van der Waals surface area (Å²) < 4.78 is 5.00. The first-order valence-corrected chi connectivity index (χ1v) is 5.00. The van der Waals surface area contributed by atoms with E-state index in [2.05, 4.69) is 5.32 Å². The molecule has 5 nitrogen and oxygen atoms in total. The highest BCUT2D eigenvalue weighted by molar-refractivity contribution is 6.00. The number of amides is 1. The topological polar surface area (TPSA) is 90.4 Å². The van der Waals surface area contributed by atoms with Crippen LogP contribution in [0.25, 0.3) is 0 Å². The number of ether oxygens (including phenoxy) is 1. The largest absolute Gasteiger partial charge is 0.396 e. The predicted octanol–water partition coefficient (Wildman–Crippen LogP) is 0.815. The van der Waals surface area contributed by atoms with Crippen molar-refractivity contribution in [2.75, 3.05) is 24.8 Å². The fourth-order valence-corrected chi connectivity index (χ4v) is 1.46. The van der Waals surface area contributed by atoms with Gasteiger partial charge >= 0.3 is 0 Å². The van der Waals surface area contributed by atoms with E-state index in [1.54, 1.807) is 25.3 Å². The van der Waals surface area contributed by atoms with Crippen LogP contribution in [-0.2, 0) is 4.74 Å². The summed E-state index contributed by atoms with van der Waals surface area (Å²) in [7, 11) is 1.63. The second-order valence-corrected chi connectivity index (χ2v) is 3.63. The lowest BCUT2D eigenvalue weighted by Crippen LogP contribution is -2.22. The van der Waals surface area contributed by atoms with Gasteiger partial charge in [0, 0.05) is 13.2 Å². The molecule has 0 aromatic heterocycles. The minimum Gasteiger partial charge on any atom is -0.396 e. The minimum atomic E-state index is -0.527. The Hall–Kier alpha value is -1.75. The zero-order valence-electron chi connectivity index (χ0n) is 9.49. The average molecular weight is 223 g/mol. The van der Waals surface area contributed by atoms with Gasteiger partial charge in [0.25, 0.3) is 5.91 Å². The summed E-state index contributed by atoms with van der Waals surface area (Å²) in [5, 5.41) is 3.15. The van der Waals surface area contributed by atoms with E-state index in [9.17, 15) is 4.79 Å². The SMILES string of the molecule is COCC(C)Nc1cccc(C(N)=O)c1N. The zero-order chi connectivity index (χ0) is 12.1. The molecular weight excluding hydrogens is 206 g/mol. The summed E-state index contributed by atoms with van der Waals surface area (Å²) >= 11 is 0. The molecule has 0 aliphatic heterocycles. The van der Waals surface area contributed by atoms with E-state index >= 15 is 0 Å². The summed E-state index contributed by atoms with van der Waals surface area (Å²) in [6, 6.07) is 5.24. The first kappa shape index (κ1) is 12.3. The monoisotopic (exact) mass is 223 g/mol. The molecule has 0 fully saturated rings. The second kappa shape index (κ2) is 5.37. The van der Waals surface area contributed by atoms with Crippen LogP contribution in [0.1, 0.15) is 17.3 Å². The number of benzene rings is 1. The van der Waals surface area contributed by atoms with E-state index in [1.165, 1.54) is 0 Å². The summed E-state index contributed by atoms with van der Waals surface area (Å²) in [6.07, 6.45) is 0. The van der Waals surface area contributed by atoms with Crippen molar-refractivity contribution in [3.63, 3.8) is 0 Å². The van der Waals surface area contributed by atoms with Crippen molar-refractivity contribution in [3.8, 4) is 0 Å². The molecule has 0 heterocycles. The zero-order valence-corrected chi connectivity index (χ0v) is 9.49. The number of rotatable bonds is 5. The fourth-order valence-electron chi connectivity index (χ4n) is 1.46. The Morgan fingerprint density at radius 1 is 1.56 bits per heavy atom. The van der Waals surface area contributed by atoms with Gasteiger partial charge in [0.15, 0.2) is 0 Å². The molecule has 1 unspecified atom stereocenters. The molecule has 1 aromatic carbocycles. The first-order chi connectivity index (χ1) is 7.56. The Labute approximate surface area is 94.8 Å². The highest BCUT2D eigenvalue weighted by Gasteiger charge is 2.10. The van der Waals surface area contributed by atoms with Crippen molar-refractivity contribution in [1.82, 2.24) is 0 Å². The molecule has 0 saturated heterocycles. The Bertz CT molecular complexity index is 379. The van der Waals surface area contributed by atoms with Crippen molar-refractivity contribution >= 4 is 17.3 Å². The number of hydrogen-bond donors (Lipinski definition) is 3. The third-order valence-electron chi connectivity index (χ3n) is 2.19. The fraction of sp³-hybridized carbons (Fsp3) is 0.364. The number of nitrogens with one attached hydrogen (secondary N) is 1. The molecule has 0 aliphatic carbocycles. The molecule has 0 spiro atoms. The molecule has 0 radical (unpaired) electrons. The number of carbonyl (C=O) groups excluding carboxylic acids is 1. The van der Waals surface area contributed by atoms with Gasteiger partial charge in [0.1, 0.15) is 0 Å². The summed E-state index contributed by atoms with van der Waals surface area (Å²) in [6.45, 7) is 2.51. The van der Waals surface area contributed by atoms with Crippen LogP contribution in [-0.4, -0.2) is 25.7 Å². The Morgan fingerprint density at radius 3 is 2.81 bits per heavy atom. The maximum Gasteiger partial charge on any atom is 0.250 e. The van der Waals surface area contributed by atoms with Crippen molar-refractivity contribution in [1.29, 1.82) is 0 Å². The smallest absolute Gasteiger partial charge is 0.250 e. The first-order valence-electron chi connectivity index (χ1n) is 5.00. The van der Waals surface area contributed by atoms with Crippen LogP contribution in [0.2, 0.25) is 0 Å². The Morgan fingerprint density at radius 2 is 2.25 bits per heavy atom. The van der Waals surface area contributed by atoms with Crippen LogP contribution in [0.3, 0.4) is 0 Å². The van der Waals surface area contributed by atoms with E-state index in [1.807, 2.05) is 6.92 Å². The molecule has 5 N–H and O–H groups in total. The van der Waals surface area contributed by atoms with Crippen LogP contribution < -0.4 is 16.8 Å². The Balaban J connectivity index is 2.89. The van der Waals surface area contributed by atoms with Crippen LogP contribution in [0.15, 0.2) is 18.2 Å². The molecule has 1 atom stereocenters. The highest BCUT2D eigenvalue weighted by atomic mass is 16.5. The lowest BCUT2D eigenvalue weighted by molar-refractivity contribution is 0.100. The molecule has 1 aromatic rings. The van der Waals surface area contributed by atoms with E-state index in [0.29, 0.717) is 23.5 Å². The number of hydrogen-bond acceptors (Lipinski definition) is 4. The number of anilines is 2. The number of nitrogens with two attached hydrogens (primary N) is 2. The minimum absolute atomic E-state index is 0.107. The van der Waals surface area contributed by atoms with Gasteiger partial charge in [-0.1, -0.05) is 6.07 Å². The number of para-hydroxylation sites is 1. The summed E-state index contributed by atoms with van der Waals surface area (Å²) in [5.74, 6) is -0.527. The van der Waals surface area contributed by atoms with E-state index in [0.717, 1.165) is 0 Å². The summed E-state index contributed by atoms with van der Waals surface area (Å²) in [5.41, 5.74) is 12.4. The molecule has 16 heavy (non-hydrogen) atoms. The van der Waals surface area contributed by atoms with Gasteiger partial charge in [-0.3, -0.25) is 4.79 Å². The van der Waals surface area contributed by atoms with Crippen LogP contribution >= 0.6 is 0 Å². The molecule has 1 rings (SSSR count). The summed E-state index contributed by atoms with van der Waals surface area (Å²) in [4.78, 5) is 11.1. The lowest BCUT2D eigenvalue weighted by Gasteiger charge is -2.16. The van der Waals surface area contributed by atoms with Crippen molar-refractivity contribution in [3.05, 3.63) is 23.8 Å². The molecule has 88 valence electrons. The maximum absolute atomic E-state index is 11.1. The third kappa shape index (κ3) is 2.87. The molecular formula is C11H17N3O2. The molecule has 5 heteroatoms. The van der Waals surface area contributed by atoms with E-state index in [4.69, 9.17) is 16.2 Å². The van der Waals surface area contributed by atoms with Gasteiger partial charge in [0.05, 0.1) is 23.5 Å². The standard InChI is InChI=1S/C11H17N3O2/c1-7(6-16-2)14-9-5-3-4-8(10(9)12)11(13)15/h3-5,7,14H,6,12H2,1-2H3,(H2,13,15). The highest BCUT2D eigenvalue weighted by Crippen LogP contribution is 2.22.